The lowest BCUT2D eigenvalue weighted by Crippen LogP contribution is -2.20. The van der Waals surface area contributed by atoms with Crippen molar-refractivity contribution < 1.29 is 27.1 Å². The first kappa shape index (κ1) is 20.7. The molecular weight excluding hydrogens is 336 g/mol. The van der Waals surface area contributed by atoms with E-state index in [-0.39, 0.29) is 5.92 Å². The third-order valence-electron chi connectivity index (χ3n) is 3.88. The normalized spacial score (nSPS) is 17.1. The highest BCUT2D eigenvalue weighted by molar-refractivity contribution is 5.74. The second-order valence-corrected chi connectivity index (χ2v) is 5.63. The lowest BCUT2D eigenvalue weighted by molar-refractivity contribution is -0.145. The number of allylic oxidation sites excluding steroid dienone is 7. The number of esters is 1. The number of rotatable bonds is 7. The standard InChI is InChI=1S/C19H20F4O2/c1-5-15(20)16(21)11(2)12(3)17(22)18(23)13(4)25-19(24)14-9-7-6-8-10-14/h5,14H,1-4,6-10H2/b16-15-,18-17-. The van der Waals surface area contributed by atoms with Gasteiger partial charge in [0.1, 0.15) is 0 Å². The zero-order chi connectivity index (χ0) is 19.1. The smallest absolute Gasteiger partial charge is 0.314 e. The molecule has 1 saturated carbocycles. The molecule has 2 nitrogen and oxygen atoms in total. The maximum Gasteiger partial charge on any atom is 0.314 e. The van der Waals surface area contributed by atoms with Gasteiger partial charge in [-0.25, -0.2) is 13.2 Å². The van der Waals surface area contributed by atoms with Gasteiger partial charge in [-0.1, -0.05) is 45.6 Å². The van der Waals surface area contributed by atoms with Gasteiger partial charge in [-0.2, -0.15) is 4.39 Å². The minimum Gasteiger partial charge on any atom is -0.424 e. The zero-order valence-electron chi connectivity index (χ0n) is 13.8. The maximum absolute atomic E-state index is 14.1. The molecule has 0 aromatic carbocycles. The summed E-state index contributed by atoms with van der Waals surface area (Å²) in [6.07, 6.45) is 4.50. The van der Waals surface area contributed by atoms with Crippen LogP contribution in [0.25, 0.3) is 0 Å². The van der Waals surface area contributed by atoms with E-state index < -0.39 is 46.2 Å². The van der Waals surface area contributed by atoms with Crippen LogP contribution in [0.5, 0.6) is 0 Å². The topological polar surface area (TPSA) is 26.3 Å². The van der Waals surface area contributed by atoms with Crippen molar-refractivity contribution in [3.05, 3.63) is 72.6 Å². The molecule has 0 bridgehead atoms. The van der Waals surface area contributed by atoms with Crippen molar-refractivity contribution in [2.45, 2.75) is 32.1 Å². The first-order valence-electron chi connectivity index (χ1n) is 7.73. The molecule has 0 radical (unpaired) electrons. The van der Waals surface area contributed by atoms with E-state index in [0.717, 1.165) is 19.3 Å². The Balaban J connectivity index is 2.86. The summed E-state index contributed by atoms with van der Waals surface area (Å²) < 4.78 is 59.5. The van der Waals surface area contributed by atoms with Gasteiger partial charge in [0, 0.05) is 11.1 Å². The van der Waals surface area contributed by atoms with Crippen LogP contribution < -0.4 is 0 Å². The minimum atomic E-state index is -1.64. The third kappa shape index (κ3) is 5.31. The van der Waals surface area contributed by atoms with Crippen molar-refractivity contribution in [1.29, 1.82) is 0 Å². The van der Waals surface area contributed by atoms with Gasteiger partial charge in [0.25, 0.3) is 0 Å². The summed E-state index contributed by atoms with van der Waals surface area (Å²) in [7, 11) is 0. The van der Waals surface area contributed by atoms with E-state index in [4.69, 9.17) is 4.74 Å². The molecule has 1 rings (SSSR count). The van der Waals surface area contributed by atoms with Gasteiger partial charge < -0.3 is 4.74 Å². The van der Waals surface area contributed by atoms with E-state index in [2.05, 4.69) is 26.3 Å². The summed E-state index contributed by atoms with van der Waals surface area (Å²) in [5.74, 6) is -8.10. The number of hydrogen-bond acceptors (Lipinski definition) is 2. The Bertz CT molecular complexity index is 665. The lowest BCUT2D eigenvalue weighted by atomic mass is 9.89. The summed E-state index contributed by atoms with van der Waals surface area (Å²) in [4.78, 5) is 11.9. The van der Waals surface area contributed by atoms with Gasteiger partial charge in [-0.3, -0.25) is 4.79 Å². The highest BCUT2D eigenvalue weighted by Gasteiger charge is 2.26. The zero-order valence-corrected chi connectivity index (χ0v) is 13.8. The van der Waals surface area contributed by atoms with E-state index in [1.54, 1.807) is 0 Å². The largest absolute Gasteiger partial charge is 0.424 e. The summed E-state index contributed by atoms with van der Waals surface area (Å²) in [6, 6.07) is 0. The fraction of sp³-hybridized carbons (Fsp3) is 0.316. The molecule has 0 heterocycles. The number of carbonyl (C=O) groups is 1. The number of halogens is 4. The van der Waals surface area contributed by atoms with Crippen LogP contribution in [0.3, 0.4) is 0 Å². The molecule has 0 N–H and O–H groups in total. The van der Waals surface area contributed by atoms with Gasteiger partial charge in [-0.15, -0.1) is 0 Å². The number of ether oxygens (including phenoxy) is 1. The first-order chi connectivity index (χ1) is 11.7. The van der Waals surface area contributed by atoms with E-state index in [9.17, 15) is 22.4 Å². The van der Waals surface area contributed by atoms with Gasteiger partial charge in [0.05, 0.1) is 5.92 Å². The van der Waals surface area contributed by atoms with Gasteiger partial charge in [-0.05, 0) is 18.9 Å². The molecule has 0 aliphatic heterocycles. The molecule has 1 aliphatic carbocycles. The quantitative estimate of drug-likeness (QED) is 0.234. The average molecular weight is 356 g/mol. The Kier molecular flexibility index (Phi) is 7.61. The Labute approximate surface area is 144 Å². The van der Waals surface area contributed by atoms with Crippen LogP contribution in [-0.2, 0) is 9.53 Å². The van der Waals surface area contributed by atoms with Crippen LogP contribution in [0.4, 0.5) is 17.6 Å². The summed E-state index contributed by atoms with van der Waals surface area (Å²) in [5, 5.41) is 0. The predicted molar refractivity (Wildman–Crippen MR) is 88.8 cm³/mol. The van der Waals surface area contributed by atoms with Crippen LogP contribution in [0.1, 0.15) is 32.1 Å². The van der Waals surface area contributed by atoms with Crippen molar-refractivity contribution >= 4 is 5.97 Å². The van der Waals surface area contributed by atoms with Gasteiger partial charge >= 0.3 is 5.97 Å². The molecule has 136 valence electrons. The van der Waals surface area contributed by atoms with E-state index in [1.807, 2.05) is 0 Å². The maximum atomic E-state index is 14.1. The van der Waals surface area contributed by atoms with Crippen molar-refractivity contribution in [3.63, 3.8) is 0 Å². The Morgan fingerprint density at radius 3 is 1.92 bits per heavy atom. The Morgan fingerprint density at radius 1 is 0.880 bits per heavy atom. The monoisotopic (exact) mass is 356 g/mol. The molecule has 0 amide bonds. The molecule has 1 aliphatic rings. The second-order valence-electron chi connectivity index (χ2n) is 5.63. The Morgan fingerprint density at radius 2 is 1.40 bits per heavy atom. The molecular formula is C19H20F4O2. The molecule has 0 atom stereocenters. The molecule has 0 unspecified atom stereocenters. The summed E-state index contributed by atoms with van der Waals surface area (Å²) in [5.41, 5.74) is -1.63. The van der Waals surface area contributed by atoms with Gasteiger partial charge in [0.2, 0.25) is 5.83 Å². The first-order valence-corrected chi connectivity index (χ1v) is 7.73. The van der Waals surface area contributed by atoms with Crippen LogP contribution in [0.15, 0.2) is 72.6 Å². The van der Waals surface area contributed by atoms with Crippen LogP contribution in [0.2, 0.25) is 0 Å². The van der Waals surface area contributed by atoms with Crippen molar-refractivity contribution in [2.24, 2.45) is 5.92 Å². The van der Waals surface area contributed by atoms with Crippen LogP contribution >= 0.6 is 0 Å². The number of hydrogen-bond donors (Lipinski definition) is 0. The summed E-state index contributed by atoms with van der Waals surface area (Å²) in [6.45, 7) is 12.4. The molecule has 0 aromatic rings. The van der Waals surface area contributed by atoms with Crippen LogP contribution in [-0.4, -0.2) is 5.97 Å². The molecule has 0 saturated heterocycles. The minimum absolute atomic E-state index is 0.387. The van der Waals surface area contributed by atoms with Gasteiger partial charge in [0.15, 0.2) is 23.2 Å². The predicted octanol–water partition coefficient (Wildman–Crippen LogP) is 6.22. The molecule has 0 spiro atoms. The summed E-state index contributed by atoms with van der Waals surface area (Å²) >= 11 is 0. The van der Waals surface area contributed by atoms with E-state index >= 15 is 0 Å². The molecule has 1 fully saturated rings. The average Bonchev–Trinajstić information content (AvgIpc) is 2.64. The van der Waals surface area contributed by atoms with Crippen molar-refractivity contribution in [1.82, 2.24) is 0 Å². The van der Waals surface area contributed by atoms with Crippen molar-refractivity contribution in [2.75, 3.05) is 0 Å². The lowest BCUT2D eigenvalue weighted by Gasteiger charge is -2.20. The molecule has 25 heavy (non-hydrogen) atoms. The van der Waals surface area contributed by atoms with E-state index in [1.165, 1.54) is 0 Å². The Hall–Kier alpha value is -2.37. The van der Waals surface area contributed by atoms with Crippen LogP contribution in [0, 0.1) is 5.92 Å². The SMILES string of the molecule is C=C/C(F)=C(/F)C(=C)C(=C)/C(F)=C(/F)C(=C)OC(=O)C1CCCCC1. The highest BCUT2D eigenvalue weighted by atomic mass is 19.2. The highest BCUT2D eigenvalue weighted by Crippen LogP contribution is 2.32. The fourth-order valence-electron chi connectivity index (χ4n) is 2.34. The molecule has 6 heteroatoms. The fourth-order valence-corrected chi connectivity index (χ4v) is 2.34. The number of carbonyl (C=O) groups excluding carboxylic acids is 1. The van der Waals surface area contributed by atoms with E-state index in [0.29, 0.717) is 18.9 Å². The molecule has 0 aromatic heterocycles. The van der Waals surface area contributed by atoms with Crippen molar-refractivity contribution in [3.8, 4) is 0 Å². The second kappa shape index (κ2) is 9.20. The third-order valence-corrected chi connectivity index (χ3v) is 3.88.